The van der Waals surface area contributed by atoms with Gasteiger partial charge < -0.3 is 9.80 Å². The van der Waals surface area contributed by atoms with Crippen LogP contribution >= 0.6 is 15.9 Å². The lowest BCUT2D eigenvalue weighted by Crippen LogP contribution is -2.56. The minimum absolute atomic E-state index is 0.210. The van der Waals surface area contributed by atoms with Crippen LogP contribution < -0.4 is 0 Å². The quantitative estimate of drug-likeness (QED) is 0.702. The number of rotatable bonds is 7. The highest BCUT2D eigenvalue weighted by molar-refractivity contribution is 9.10. The summed E-state index contributed by atoms with van der Waals surface area (Å²) < 4.78 is 0.890. The first-order valence-electron chi connectivity index (χ1n) is 7.58. The summed E-state index contributed by atoms with van der Waals surface area (Å²) in [6.07, 6.45) is 4.43. The second kappa shape index (κ2) is 7.03. The Bertz CT molecular complexity index is 497. The van der Waals surface area contributed by atoms with E-state index in [-0.39, 0.29) is 5.78 Å². The van der Waals surface area contributed by atoms with Crippen molar-refractivity contribution in [2.24, 2.45) is 0 Å². The second-order valence-electron chi connectivity index (χ2n) is 6.36. The first-order valence-corrected chi connectivity index (χ1v) is 8.38. The summed E-state index contributed by atoms with van der Waals surface area (Å²) in [5, 5.41) is 0. The van der Waals surface area contributed by atoms with Gasteiger partial charge in [0, 0.05) is 35.1 Å². The molecule has 0 radical (unpaired) electrons. The zero-order valence-electron chi connectivity index (χ0n) is 13.2. The molecule has 0 N–H and O–H groups in total. The summed E-state index contributed by atoms with van der Waals surface area (Å²) in [6.45, 7) is 1.86. The maximum atomic E-state index is 12.3. The van der Waals surface area contributed by atoms with Crippen LogP contribution in [0.3, 0.4) is 0 Å². The fraction of sp³-hybridized carbons (Fsp3) is 0.588. The van der Waals surface area contributed by atoms with Gasteiger partial charge in [-0.2, -0.15) is 0 Å². The summed E-state index contributed by atoms with van der Waals surface area (Å²) in [4.78, 5) is 16.9. The maximum Gasteiger partial charge on any atom is 0.165 e. The van der Waals surface area contributed by atoms with Crippen LogP contribution in [0.15, 0.2) is 28.7 Å². The molecule has 3 nitrogen and oxygen atoms in total. The van der Waals surface area contributed by atoms with Crippen molar-refractivity contribution in [2.45, 2.75) is 31.2 Å². The van der Waals surface area contributed by atoms with Crippen molar-refractivity contribution in [3.05, 3.63) is 34.3 Å². The Morgan fingerprint density at radius 2 is 1.90 bits per heavy atom. The molecule has 2 rings (SSSR count). The van der Waals surface area contributed by atoms with Gasteiger partial charge in [0.05, 0.1) is 0 Å². The SMILES string of the molecule is CN(CCC(=O)c1ccccc1Br)CC1(N(C)C)CCC1. The fourth-order valence-corrected chi connectivity index (χ4v) is 3.53. The third-order valence-electron chi connectivity index (χ3n) is 4.69. The Morgan fingerprint density at radius 3 is 2.43 bits per heavy atom. The van der Waals surface area contributed by atoms with Gasteiger partial charge in [-0.1, -0.05) is 34.1 Å². The normalized spacial score (nSPS) is 17.0. The molecule has 1 aromatic carbocycles. The first-order chi connectivity index (χ1) is 9.94. The number of carbonyl (C=O) groups is 1. The Balaban J connectivity index is 1.85. The van der Waals surface area contributed by atoms with Crippen LogP contribution in [-0.2, 0) is 0 Å². The van der Waals surface area contributed by atoms with Crippen molar-refractivity contribution in [1.29, 1.82) is 0 Å². The summed E-state index contributed by atoms with van der Waals surface area (Å²) in [7, 11) is 6.45. The van der Waals surface area contributed by atoms with Gasteiger partial charge in [0.1, 0.15) is 0 Å². The summed E-state index contributed by atoms with van der Waals surface area (Å²) in [6, 6.07) is 7.66. The van der Waals surface area contributed by atoms with Crippen molar-refractivity contribution in [1.82, 2.24) is 9.80 Å². The maximum absolute atomic E-state index is 12.3. The average Bonchev–Trinajstić information content (AvgIpc) is 2.40. The van der Waals surface area contributed by atoms with Crippen LogP contribution in [0.25, 0.3) is 0 Å². The van der Waals surface area contributed by atoms with Gasteiger partial charge in [0.15, 0.2) is 5.78 Å². The highest BCUT2D eigenvalue weighted by Gasteiger charge is 2.39. The van der Waals surface area contributed by atoms with Gasteiger partial charge in [-0.15, -0.1) is 0 Å². The molecule has 0 atom stereocenters. The molecule has 0 aliphatic heterocycles. The molecule has 0 bridgehead atoms. The number of ketones is 1. The van der Waals surface area contributed by atoms with E-state index in [4.69, 9.17) is 0 Å². The molecule has 1 fully saturated rings. The number of hydrogen-bond acceptors (Lipinski definition) is 3. The molecule has 0 unspecified atom stereocenters. The molecule has 1 aliphatic carbocycles. The van der Waals surface area contributed by atoms with Gasteiger partial charge in [0.2, 0.25) is 0 Å². The molecular formula is C17H25BrN2O. The molecule has 1 saturated carbocycles. The van der Waals surface area contributed by atoms with Crippen molar-refractivity contribution in [3.8, 4) is 0 Å². The number of nitrogens with zero attached hydrogens (tertiary/aromatic N) is 2. The van der Waals surface area contributed by atoms with Gasteiger partial charge in [0.25, 0.3) is 0 Å². The van der Waals surface area contributed by atoms with Crippen LogP contribution in [0.2, 0.25) is 0 Å². The largest absolute Gasteiger partial charge is 0.304 e. The van der Waals surface area contributed by atoms with Crippen molar-refractivity contribution < 1.29 is 4.79 Å². The van der Waals surface area contributed by atoms with Crippen LogP contribution in [0.5, 0.6) is 0 Å². The van der Waals surface area contributed by atoms with Gasteiger partial charge in [-0.25, -0.2) is 0 Å². The molecular weight excluding hydrogens is 328 g/mol. The zero-order chi connectivity index (χ0) is 15.5. The van der Waals surface area contributed by atoms with Gasteiger partial charge in [-0.3, -0.25) is 4.79 Å². The minimum Gasteiger partial charge on any atom is -0.304 e. The molecule has 1 aliphatic rings. The average molecular weight is 353 g/mol. The van der Waals surface area contributed by atoms with Crippen LogP contribution in [-0.4, -0.2) is 55.4 Å². The van der Waals surface area contributed by atoms with Crippen molar-refractivity contribution in [2.75, 3.05) is 34.2 Å². The van der Waals surface area contributed by atoms with Gasteiger partial charge >= 0.3 is 0 Å². The Hall–Kier alpha value is -0.710. The lowest BCUT2D eigenvalue weighted by molar-refractivity contribution is 0.0276. The molecule has 0 spiro atoms. The number of Topliss-reactive ketones (excluding diaryl/α,β-unsaturated/α-hetero) is 1. The third kappa shape index (κ3) is 3.93. The molecule has 21 heavy (non-hydrogen) atoms. The molecule has 1 aromatic rings. The van der Waals surface area contributed by atoms with E-state index in [1.807, 2.05) is 24.3 Å². The zero-order valence-corrected chi connectivity index (χ0v) is 14.8. The molecule has 0 saturated heterocycles. The Labute approximate surface area is 136 Å². The van der Waals surface area contributed by atoms with Crippen LogP contribution in [0.1, 0.15) is 36.0 Å². The van der Waals surface area contributed by atoms with Crippen molar-refractivity contribution >= 4 is 21.7 Å². The van der Waals surface area contributed by atoms with Gasteiger partial charge in [-0.05, 0) is 46.5 Å². The monoisotopic (exact) mass is 352 g/mol. The highest BCUT2D eigenvalue weighted by atomic mass is 79.9. The predicted octanol–water partition coefficient (Wildman–Crippen LogP) is 3.44. The summed E-state index contributed by atoms with van der Waals surface area (Å²) in [5.74, 6) is 0.210. The Kier molecular flexibility index (Phi) is 5.58. The van der Waals surface area contributed by atoms with Crippen LogP contribution in [0, 0.1) is 0 Å². The lowest BCUT2D eigenvalue weighted by Gasteiger charge is -2.49. The molecule has 4 heteroatoms. The fourth-order valence-electron chi connectivity index (χ4n) is 3.03. The smallest absolute Gasteiger partial charge is 0.165 e. The van der Waals surface area contributed by atoms with E-state index in [1.165, 1.54) is 19.3 Å². The van der Waals surface area contributed by atoms with E-state index in [0.29, 0.717) is 12.0 Å². The molecule has 0 aromatic heterocycles. The van der Waals surface area contributed by atoms with Crippen LogP contribution in [0.4, 0.5) is 0 Å². The minimum atomic E-state index is 0.210. The number of carbonyl (C=O) groups excluding carboxylic acids is 1. The van der Waals surface area contributed by atoms with E-state index in [9.17, 15) is 4.79 Å². The Morgan fingerprint density at radius 1 is 1.24 bits per heavy atom. The van der Waals surface area contributed by atoms with E-state index in [2.05, 4.69) is 46.9 Å². The summed E-state index contributed by atoms with van der Waals surface area (Å²) >= 11 is 3.45. The molecule has 0 heterocycles. The second-order valence-corrected chi connectivity index (χ2v) is 7.22. The lowest BCUT2D eigenvalue weighted by atomic mass is 9.75. The topological polar surface area (TPSA) is 23.6 Å². The number of hydrogen-bond donors (Lipinski definition) is 0. The summed E-state index contributed by atoms with van der Waals surface area (Å²) in [5.41, 5.74) is 1.11. The van der Waals surface area contributed by atoms with E-state index < -0.39 is 0 Å². The molecule has 116 valence electrons. The highest BCUT2D eigenvalue weighted by Crippen LogP contribution is 2.36. The standard InChI is InChI=1S/C17H25BrN2O/c1-19(2)17(10-6-11-17)13-20(3)12-9-16(21)14-7-4-5-8-15(14)18/h4-5,7-8H,6,9-13H2,1-3H3. The van der Waals surface area contributed by atoms with E-state index in [1.54, 1.807) is 0 Å². The van der Waals surface area contributed by atoms with E-state index >= 15 is 0 Å². The number of halogens is 1. The van der Waals surface area contributed by atoms with E-state index in [0.717, 1.165) is 23.1 Å². The molecule has 0 amide bonds. The number of benzene rings is 1. The van der Waals surface area contributed by atoms with Crippen molar-refractivity contribution in [3.63, 3.8) is 0 Å². The first kappa shape index (κ1) is 16.7. The third-order valence-corrected chi connectivity index (χ3v) is 5.38. The predicted molar refractivity (Wildman–Crippen MR) is 90.9 cm³/mol. The number of likely N-dealkylation sites (N-methyl/N-ethyl adjacent to an activating group) is 2.